The minimum Gasteiger partial charge on any atom is -0.472 e. The molecule has 0 fully saturated rings. The van der Waals surface area contributed by atoms with E-state index in [2.05, 4.69) is 0 Å². The van der Waals surface area contributed by atoms with E-state index >= 15 is 0 Å². The SMILES string of the molecule is NCC(c1ccc(Cl)c(Cl)c1)C(O)c1ccoc1. The van der Waals surface area contributed by atoms with Gasteiger partial charge in [0.25, 0.3) is 0 Å². The zero-order valence-corrected chi connectivity index (χ0v) is 11.0. The maximum atomic E-state index is 10.3. The standard InChI is InChI=1S/C13H13Cl2NO2/c14-11-2-1-8(5-12(11)15)10(6-16)13(17)9-3-4-18-7-9/h1-5,7,10,13,17H,6,16H2. The maximum absolute atomic E-state index is 10.3. The van der Waals surface area contributed by atoms with Gasteiger partial charge in [0, 0.05) is 18.0 Å². The molecule has 0 aliphatic rings. The zero-order valence-electron chi connectivity index (χ0n) is 9.51. The molecule has 18 heavy (non-hydrogen) atoms. The summed E-state index contributed by atoms with van der Waals surface area (Å²) < 4.78 is 4.96. The van der Waals surface area contributed by atoms with Crippen molar-refractivity contribution in [2.75, 3.05) is 6.54 Å². The Balaban J connectivity index is 2.30. The highest BCUT2D eigenvalue weighted by Crippen LogP contribution is 2.33. The Morgan fingerprint density at radius 3 is 2.50 bits per heavy atom. The van der Waals surface area contributed by atoms with Crippen LogP contribution in [0.3, 0.4) is 0 Å². The van der Waals surface area contributed by atoms with Crippen molar-refractivity contribution < 1.29 is 9.52 Å². The van der Waals surface area contributed by atoms with Crippen molar-refractivity contribution in [3.8, 4) is 0 Å². The van der Waals surface area contributed by atoms with Gasteiger partial charge in [-0.2, -0.15) is 0 Å². The molecule has 0 spiro atoms. The summed E-state index contributed by atoms with van der Waals surface area (Å²) in [6.45, 7) is 0.296. The van der Waals surface area contributed by atoms with Crippen molar-refractivity contribution in [3.05, 3.63) is 58.0 Å². The number of halogens is 2. The second-order valence-corrected chi connectivity index (χ2v) is 4.83. The van der Waals surface area contributed by atoms with E-state index in [9.17, 15) is 5.11 Å². The molecule has 0 aliphatic heterocycles. The van der Waals surface area contributed by atoms with Crippen LogP contribution in [0, 0.1) is 0 Å². The first-order chi connectivity index (χ1) is 8.63. The molecule has 1 aromatic heterocycles. The number of rotatable bonds is 4. The molecular weight excluding hydrogens is 273 g/mol. The second-order valence-electron chi connectivity index (χ2n) is 4.02. The summed E-state index contributed by atoms with van der Waals surface area (Å²) in [7, 11) is 0. The summed E-state index contributed by atoms with van der Waals surface area (Å²) in [6, 6.07) is 6.95. The van der Waals surface area contributed by atoms with Crippen LogP contribution in [0.25, 0.3) is 0 Å². The molecule has 5 heteroatoms. The quantitative estimate of drug-likeness (QED) is 0.906. The molecule has 0 bridgehead atoms. The van der Waals surface area contributed by atoms with Crippen molar-refractivity contribution in [2.45, 2.75) is 12.0 Å². The highest BCUT2D eigenvalue weighted by atomic mass is 35.5. The third-order valence-corrected chi connectivity index (χ3v) is 3.63. The summed E-state index contributed by atoms with van der Waals surface area (Å²) in [5, 5.41) is 11.2. The van der Waals surface area contributed by atoms with Gasteiger partial charge in [-0.05, 0) is 23.8 Å². The number of aliphatic hydroxyl groups is 1. The number of furan rings is 1. The number of benzene rings is 1. The number of hydrogen-bond acceptors (Lipinski definition) is 3. The van der Waals surface area contributed by atoms with Gasteiger partial charge in [-0.15, -0.1) is 0 Å². The first-order valence-electron chi connectivity index (χ1n) is 5.48. The van der Waals surface area contributed by atoms with Crippen LogP contribution in [0.1, 0.15) is 23.1 Å². The molecular formula is C13H13Cl2NO2. The smallest absolute Gasteiger partial charge is 0.0960 e. The third-order valence-electron chi connectivity index (χ3n) is 2.89. The Morgan fingerprint density at radius 2 is 1.94 bits per heavy atom. The van der Waals surface area contributed by atoms with Gasteiger partial charge >= 0.3 is 0 Å². The van der Waals surface area contributed by atoms with E-state index < -0.39 is 6.10 Å². The van der Waals surface area contributed by atoms with E-state index in [1.165, 1.54) is 12.5 Å². The lowest BCUT2D eigenvalue weighted by molar-refractivity contribution is 0.146. The van der Waals surface area contributed by atoms with Crippen LogP contribution in [0.15, 0.2) is 41.2 Å². The fourth-order valence-electron chi connectivity index (χ4n) is 1.87. The van der Waals surface area contributed by atoms with Crippen LogP contribution < -0.4 is 5.73 Å². The lowest BCUT2D eigenvalue weighted by atomic mass is 9.90. The van der Waals surface area contributed by atoms with Gasteiger partial charge in [0.1, 0.15) is 0 Å². The number of hydrogen-bond donors (Lipinski definition) is 2. The topological polar surface area (TPSA) is 59.4 Å². The maximum Gasteiger partial charge on any atom is 0.0960 e. The molecule has 2 unspecified atom stereocenters. The van der Waals surface area contributed by atoms with Crippen LogP contribution in [-0.2, 0) is 0 Å². The van der Waals surface area contributed by atoms with Crippen LogP contribution in [0.5, 0.6) is 0 Å². The molecule has 0 saturated carbocycles. The molecule has 0 saturated heterocycles. The van der Waals surface area contributed by atoms with Gasteiger partial charge in [0.15, 0.2) is 0 Å². The predicted octanol–water partition coefficient (Wildman–Crippen LogP) is 3.36. The van der Waals surface area contributed by atoms with E-state index in [4.69, 9.17) is 33.4 Å². The minimum atomic E-state index is -0.731. The number of aliphatic hydroxyl groups excluding tert-OH is 1. The fraction of sp³-hybridized carbons (Fsp3) is 0.231. The zero-order chi connectivity index (χ0) is 13.1. The largest absolute Gasteiger partial charge is 0.472 e. The first-order valence-corrected chi connectivity index (χ1v) is 6.24. The lowest BCUT2D eigenvalue weighted by Gasteiger charge is -2.21. The monoisotopic (exact) mass is 285 g/mol. The normalized spacial score (nSPS) is 14.4. The van der Waals surface area contributed by atoms with Crippen molar-refractivity contribution in [2.24, 2.45) is 5.73 Å². The summed E-state index contributed by atoms with van der Waals surface area (Å²) in [4.78, 5) is 0. The third kappa shape index (κ3) is 2.70. The first kappa shape index (κ1) is 13.4. The van der Waals surface area contributed by atoms with Crippen molar-refractivity contribution in [3.63, 3.8) is 0 Å². The van der Waals surface area contributed by atoms with E-state index in [0.717, 1.165) is 5.56 Å². The van der Waals surface area contributed by atoms with Gasteiger partial charge in [0.2, 0.25) is 0 Å². The molecule has 3 N–H and O–H groups in total. The molecule has 2 atom stereocenters. The average molecular weight is 286 g/mol. The van der Waals surface area contributed by atoms with Crippen molar-refractivity contribution >= 4 is 23.2 Å². The Hall–Kier alpha value is -1.00. The fourth-order valence-corrected chi connectivity index (χ4v) is 2.17. The van der Waals surface area contributed by atoms with Crippen LogP contribution >= 0.6 is 23.2 Å². The lowest BCUT2D eigenvalue weighted by Crippen LogP contribution is -2.19. The van der Waals surface area contributed by atoms with E-state index in [1.54, 1.807) is 18.2 Å². The van der Waals surface area contributed by atoms with E-state index in [-0.39, 0.29) is 5.92 Å². The Morgan fingerprint density at radius 1 is 1.17 bits per heavy atom. The highest BCUT2D eigenvalue weighted by molar-refractivity contribution is 6.42. The minimum absolute atomic E-state index is 0.252. The molecule has 0 amide bonds. The molecule has 2 rings (SSSR count). The molecule has 2 aromatic rings. The molecule has 1 aromatic carbocycles. The molecule has 1 heterocycles. The van der Waals surface area contributed by atoms with Crippen molar-refractivity contribution in [1.29, 1.82) is 0 Å². The van der Waals surface area contributed by atoms with Crippen molar-refractivity contribution in [1.82, 2.24) is 0 Å². The van der Waals surface area contributed by atoms with Gasteiger partial charge in [0.05, 0.1) is 28.7 Å². The summed E-state index contributed by atoms with van der Waals surface area (Å²) in [5.41, 5.74) is 7.27. The summed E-state index contributed by atoms with van der Waals surface area (Å²) in [5.74, 6) is -0.252. The van der Waals surface area contributed by atoms with Crippen LogP contribution in [0.2, 0.25) is 10.0 Å². The van der Waals surface area contributed by atoms with Gasteiger partial charge in [-0.1, -0.05) is 29.3 Å². The predicted molar refractivity (Wildman–Crippen MR) is 71.9 cm³/mol. The van der Waals surface area contributed by atoms with Crippen LogP contribution in [0.4, 0.5) is 0 Å². The second kappa shape index (κ2) is 5.76. The Labute approximate surface area is 115 Å². The summed E-state index contributed by atoms with van der Waals surface area (Å²) >= 11 is 11.8. The Kier molecular flexibility index (Phi) is 4.30. The summed E-state index contributed by atoms with van der Waals surface area (Å²) in [6.07, 6.45) is 2.29. The van der Waals surface area contributed by atoms with Gasteiger partial charge < -0.3 is 15.3 Å². The average Bonchev–Trinajstić information content (AvgIpc) is 2.88. The molecule has 0 aliphatic carbocycles. The number of nitrogens with two attached hydrogens (primary N) is 1. The molecule has 0 radical (unpaired) electrons. The highest BCUT2D eigenvalue weighted by Gasteiger charge is 2.22. The molecule has 3 nitrogen and oxygen atoms in total. The van der Waals surface area contributed by atoms with Gasteiger partial charge in [-0.3, -0.25) is 0 Å². The van der Waals surface area contributed by atoms with Crippen LogP contribution in [-0.4, -0.2) is 11.7 Å². The van der Waals surface area contributed by atoms with E-state index in [0.29, 0.717) is 22.2 Å². The van der Waals surface area contributed by atoms with E-state index in [1.807, 2.05) is 6.07 Å². The Bertz CT molecular complexity index is 514. The van der Waals surface area contributed by atoms with Gasteiger partial charge in [-0.25, -0.2) is 0 Å². The molecule has 96 valence electrons.